The molecule has 0 N–H and O–H groups in total. The molecule has 0 saturated heterocycles. The van der Waals surface area contributed by atoms with E-state index >= 15 is 0 Å². The highest BCUT2D eigenvalue weighted by Crippen LogP contribution is 2.59. The van der Waals surface area contributed by atoms with E-state index in [1.165, 1.54) is 7.11 Å². The number of allylic oxidation sites excluding steroid dienone is 2. The van der Waals surface area contributed by atoms with E-state index in [0.717, 1.165) is 0 Å². The van der Waals surface area contributed by atoms with E-state index < -0.39 is 0 Å². The molecule has 0 aromatic carbocycles. The van der Waals surface area contributed by atoms with Gasteiger partial charge in [0.25, 0.3) is 0 Å². The monoisotopic (exact) mass is 168 g/mol. The molecule has 2 nitrogen and oxygen atoms in total. The summed E-state index contributed by atoms with van der Waals surface area (Å²) in [6.07, 6.45) is 4.08. The Morgan fingerprint density at radius 1 is 1.50 bits per heavy atom. The second kappa shape index (κ2) is 2.92. The van der Waals surface area contributed by atoms with Gasteiger partial charge in [0.1, 0.15) is 0 Å². The second-order valence-corrected chi connectivity index (χ2v) is 3.87. The topological polar surface area (TPSA) is 26.3 Å². The Morgan fingerprint density at radius 3 is 2.50 bits per heavy atom. The van der Waals surface area contributed by atoms with Gasteiger partial charge in [-0.25, -0.2) is 0 Å². The lowest BCUT2D eigenvalue weighted by atomic mass is 10.1. The van der Waals surface area contributed by atoms with Crippen LogP contribution < -0.4 is 0 Å². The minimum Gasteiger partial charge on any atom is -0.469 e. The van der Waals surface area contributed by atoms with Gasteiger partial charge in [0.2, 0.25) is 0 Å². The lowest BCUT2D eigenvalue weighted by Crippen LogP contribution is -2.07. The maximum atomic E-state index is 11.2. The Hall–Kier alpha value is -0.790. The number of hydrogen-bond donors (Lipinski definition) is 0. The molecule has 68 valence electrons. The molecule has 1 fully saturated rings. The van der Waals surface area contributed by atoms with Gasteiger partial charge in [-0.2, -0.15) is 0 Å². The molecule has 2 atom stereocenters. The molecule has 1 rings (SSSR count). The van der Waals surface area contributed by atoms with Gasteiger partial charge in [0.05, 0.1) is 13.0 Å². The smallest absolute Gasteiger partial charge is 0.309 e. The van der Waals surface area contributed by atoms with Crippen LogP contribution in [-0.4, -0.2) is 13.1 Å². The molecular formula is C10H16O2. The summed E-state index contributed by atoms with van der Waals surface area (Å²) in [4.78, 5) is 11.2. The molecule has 12 heavy (non-hydrogen) atoms. The molecule has 0 spiro atoms. The normalized spacial score (nSPS) is 32.0. The van der Waals surface area contributed by atoms with E-state index in [1.54, 1.807) is 0 Å². The first-order valence-corrected chi connectivity index (χ1v) is 4.26. The van der Waals surface area contributed by atoms with Crippen molar-refractivity contribution in [3.8, 4) is 0 Å². The fraction of sp³-hybridized carbons (Fsp3) is 0.700. The highest BCUT2D eigenvalue weighted by Gasteiger charge is 2.60. The van der Waals surface area contributed by atoms with Crippen LogP contribution in [0.4, 0.5) is 0 Å². The predicted molar refractivity (Wildman–Crippen MR) is 47.6 cm³/mol. The van der Waals surface area contributed by atoms with Gasteiger partial charge in [-0.15, -0.1) is 0 Å². The van der Waals surface area contributed by atoms with Crippen molar-refractivity contribution in [1.29, 1.82) is 0 Å². The lowest BCUT2D eigenvalue weighted by molar-refractivity contribution is -0.143. The summed E-state index contributed by atoms with van der Waals surface area (Å²) >= 11 is 0. The van der Waals surface area contributed by atoms with Crippen LogP contribution in [0.5, 0.6) is 0 Å². The fourth-order valence-electron chi connectivity index (χ4n) is 1.82. The van der Waals surface area contributed by atoms with Crippen LogP contribution in [0.15, 0.2) is 12.2 Å². The predicted octanol–water partition coefficient (Wildman–Crippen LogP) is 2.01. The number of hydrogen-bond acceptors (Lipinski definition) is 2. The number of carbonyl (C=O) groups excluding carboxylic acids is 1. The Kier molecular flexibility index (Phi) is 2.27. The third kappa shape index (κ3) is 1.26. The molecule has 1 saturated carbocycles. The van der Waals surface area contributed by atoms with E-state index in [-0.39, 0.29) is 17.3 Å². The number of esters is 1. The SMILES string of the molecule is C/C=C\[C@H]1[C@H](C(=O)OC)C1(C)C. The Balaban J connectivity index is 2.66. The maximum Gasteiger partial charge on any atom is 0.309 e. The van der Waals surface area contributed by atoms with Crippen molar-refractivity contribution in [3.63, 3.8) is 0 Å². The third-order valence-electron chi connectivity index (χ3n) is 2.77. The molecule has 2 heteroatoms. The minimum absolute atomic E-state index is 0.0682. The van der Waals surface area contributed by atoms with Gasteiger partial charge < -0.3 is 4.74 Å². The van der Waals surface area contributed by atoms with Crippen molar-refractivity contribution in [2.45, 2.75) is 20.8 Å². The van der Waals surface area contributed by atoms with Crippen molar-refractivity contribution in [2.75, 3.05) is 7.11 Å². The van der Waals surface area contributed by atoms with Crippen LogP contribution in [-0.2, 0) is 9.53 Å². The maximum absolute atomic E-state index is 11.2. The van der Waals surface area contributed by atoms with Gasteiger partial charge in [-0.05, 0) is 18.3 Å². The average Bonchev–Trinajstić information content (AvgIpc) is 2.53. The molecule has 0 amide bonds. The molecule has 0 heterocycles. The molecule has 0 aliphatic heterocycles. The number of carbonyl (C=O) groups is 1. The van der Waals surface area contributed by atoms with E-state index in [0.29, 0.717) is 5.92 Å². The van der Waals surface area contributed by atoms with E-state index in [1.807, 2.05) is 13.0 Å². The van der Waals surface area contributed by atoms with Crippen LogP contribution in [0.25, 0.3) is 0 Å². The zero-order chi connectivity index (χ0) is 9.35. The quantitative estimate of drug-likeness (QED) is 0.465. The fourth-order valence-corrected chi connectivity index (χ4v) is 1.82. The molecule has 0 aromatic heterocycles. The molecule has 0 aromatic rings. The summed E-state index contributed by atoms with van der Waals surface area (Å²) in [7, 11) is 1.45. The zero-order valence-electron chi connectivity index (χ0n) is 8.13. The average molecular weight is 168 g/mol. The largest absolute Gasteiger partial charge is 0.469 e. The summed E-state index contributed by atoms with van der Waals surface area (Å²) in [5.74, 6) is 0.358. The summed E-state index contributed by atoms with van der Waals surface area (Å²) in [6, 6.07) is 0. The van der Waals surface area contributed by atoms with Gasteiger partial charge in [-0.1, -0.05) is 26.0 Å². The molecule has 0 unspecified atom stereocenters. The number of methoxy groups -OCH3 is 1. The summed E-state index contributed by atoms with van der Waals surface area (Å²) < 4.78 is 4.71. The highest BCUT2D eigenvalue weighted by atomic mass is 16.5. The van der Waals surface area contributed by atoms with E-state index in [9.17, 15) is 4.79 Å². The third-order valence-corrected chi connectivity index (χ3v) is 2.77. The number of rotatable bonds is 2. The molecule has 0 bridgehead atoms. The molecular weight excluding hydrogens is 152 g/mol. The van der Waals surface area contributed by atoms with E-state index in [4.69, 9.17) is 4.74 Å². The standard InChI is InChI=1S/C10H16O2/c1-5-6-7-8(9(11)12-4)10(7,2)3/h5-8H,1-4H3/b6-5-/t7-,8+/m0/s1. The van der Waals surface area contributed by atoms with Crippen molar-refractivity contribution in [3.05, 3.63) is 12.2 Å². The van der Waals surface area contributed by atoms with Crippen molar-refractivity contribution in [1.82, 2.24) is 0 Å². The van der Waals surface area contributed by atoms with Gasteiger partial charge in [-0.3, -0.25) is 4.79 Å². The summed E-state index contributed by atoms with van der Waals surface area (Å²) in [5, 5.41) is 0. The molecule has 1 aliphatic rings. The molecule has 0 radical (unpaired) electrons. The first kappa shape index (κ1) is 9.30. The van der Waals surface area contributed by atoms with Crippen LogP contribution >= 0.6 is 0 Å². The lowest BCUT2D eigenvalue weighted by Gasteiger charge is -1.98. The van der Waals surface area contributed by atoms with Gasteiger partial charge in [0, 0.05) is 0 Å². The molecule has 1 aliphatic carbocycles. The zero-order valence-corrected chi connectivity index (χ0v) is 8.13. The van der Waals surface area contributed by atoms with Crippen molar-refractivity contribution < 1.29 is 9.53 Å². The van der Waals surface area contributed by atoms with E-state index in [2.05, 4.69) is 19.9 Å². The van der Waals surface area contributed by atoms with Crippen molar-refractivity contribution in [2.24, 2.45) is 17.3 Å². The summed E-state index contributed by atoms with van der Waals surface area (Å²) in [6.45, 7) is 6.17. The van der Waals surface area contributed by atoms with Crippen LogP contribution in [0, 0.1) is 17.3 Å². The second-order valence-electron chi connectivity index (χ2n) is 3.87. The first-order valence-electron chi connectivity index (χ1n) is 4.26. The first-order chi connectivity index (χ1) is 5.55. The Morgan fingerprint density at radius 2 is 2.08 bits per heavy atom. The van der Waals surface area contributed by atoms with Crippen molar-refractivity contribution >= 4 is 5.97 Å². The highest BCUT2D eigenvalue weighted by molar-refractivity contribution is 5.78. The number of ether oxygens (including phenoxy) is 1. The summed E-state index contributed by atoms with van der Waals surface area (Å²) in [5.41, 5.74) is 0.0968. The van der Waals surface area contributed by atoms with Gasteiger partial charge in [0.15, 0.2) is 0 Å². The van der Waals surface area contributed by atoms with Crippen LogP contribution in [0.3, 0.4) is 0 Å². The minimum atomic E-state index is -0.0805. The van der Waals surface area contributed by atoms with Crippen LogP contribution in [0.1, 0.15) is 20.8 Å². The Bertz CT molecular complexity index is 216. The Labute approximate surface area is 73.6 Å². The van der Waals surface area contributed by atoms with Crippen LogP contribution in [0.2, 0.25) is 0 Å². The van der Waals surface area contributed by atoms with Gasteiger partial charge >= 0.3 is 5.97 Å².